The SMILES string of the molecule is CO[C@H]1C(=O)[C@]2(C)[C@@H](OC)C[C@H]3OC[C@@]3(OC(C)=O)[C@H]2[C@H](OC(=O)c2ccccc2)[C@]2(O)C[C@H](OC(=O)[C@H](OC(=O)CN(C)CC(=O)C(C)C)[C@@H](NC(=O)OC(C)(C)C)c3ccccc3)C(C)=C1C2(C)C. The summed E-state index contributed by atoms with van der Waals surface area (Å²) in [5.74, 6) is -6.11. The predicted octanol–water partition coefficient (Wildman–Crippen LogP) is 5.28. The van der Waals surface area contributed by atoms with Gasteiger partial charge in [0.1, 0.15) is 47.4 Å². The molecule has 18 heteroatoms. The third-order valence-electron chi connectivity index (χ3n) is 14.7. The Kier molecular flexibility index (Phi) is 16.1. The number of carbonyl (C=O) groups is 7. The van der Waals surface area contributed by atoms with E-state index in [4.69, 9.17) is 37.9 Å². The van der Waals surface area contributed by atoms with Crippen molar-refractivity contribution in [2.24, 2.45) is 22.7 Å². The van der Waals surface area contributed by atoms with Crippen LogP contribution in [0.25, 0.3) is 0 Å². The highest BCUT2D eigenvalue weighted by Gasteiger charge is 2.78. The Balaban J connectivity index is 1.54. The molecule has 1 heterocycles. The molecule has 2 bridgehead atoms. The summed E-state index contributed by atoms with van der Waals surface area (Å²) in [5.41, 5.74) is -7.29. The van der Waals surface area contributed by atoms with Crippen molar-refractivity contribution in [1.29, 1.82) is 0 Å². The summed E-state index contributed by atoms with van der Waals surface area (Å²) in [6.07, 6.45) is -9.77. The lowest BCUT2D eigenvalue weighted by atomic mass is 9.44. The molecule has 388 valence electrons. The fraction of sp³-hybridized carbons (Fsp3) is 0.604. The van der Waals surface area contributed by atoms with Gasteiger partial charge in [-0.15, -0.1) is 0 Å². The highest BCUT2D eigenvalue weighted by Crippen LogP contribution is 2.65. The molecule has 1 saturated heterocycles. The number of ether oxygens (including phenoxy) is 8. The van der Waals surface area contributed by atoms with Gasteiger partial charge in [0.25, 0.3) is 0 Å². The fourth-order valence-electron chi connectivity index (χ4n) is 11.1. The standard InChI is InChI=1S/C53H70N2O16/c1-29(2)34(57)26-55(11)27-38(58)68-42(40(32-20-16-14-17-21-32)54-48(62)71-49(5,6)7)47(61)67-35-25-53(63)45(69-46(60)33-22-18-15-19-23-33)43-51(10,44(59)41(65-13)39(30(35)3)50(53,8)9)36(64-12)24-37-52(43,28-66-37)70-31(4)56/h14-23,29,35-37,40-43,45,63H,24-28H2,1-13H3,(H,54,62)/t35-,36-,37+,40-,41+,42+,43-,45-,51+,52-,53+/m0/s1. The molecule has 2 N–H and O–H groups in total. The molecule has 6 rings (SSSR count). The van der Waals surface area contributed by atoms with Gasteiger partial charge in [0.2, 0.25) is 6.10 Å². The largest absolute Gasteiger partial charge is 0.455 e. The summed E-state index contributed by atoms with van der Waals surface area (Å²) in [6.45, 7) is 15.4. The van der Waals surface area contributed by atoms with Crippen LogP contribution >= 0.6 is 0 Å². The van der Waals surface area contributed by atoms with Crippen LogP contribution in [0.1, 0.15) is 104 Å². The number of hydrogen-bond acceptors (Lipinski definition) is 17. The van der Waals surface area contributed by atoms with Crippen LogP contribution in [0.15, 0.2) is 71.8 Å². The lowest BCUT2D eigenvalue weighted by molar-refractivity contribution is -0.347. The Morgan fingerprint density at radius 1 is 0.915 bits per heavy atom. The number of nitrogens with one attached hydrogen (secondary N) is 1. The molecule has 2 aromatic rings. The number of amides is 1. The van der Waals surface area contributed by atoms with Crippen molar-refractivity contribution in [3.63, 3.8) is 0 Å². The third kappa shape index (κ3) is 10.5. The number of carbonyl (C=O) groups excluding carboxylic acids is 7. The minimum Gasteiger partial charge on any atom is -0.455 e. The van der Waals surface area contributed by atoms with Gasteiger partial charge in [-0.2, -0.15) is 0 Å². The Morgan fingerprint density at radius 3 is 2.07 bits per heavy atom. The predicted molar refractivity (Wildman–Crippen MR) is 254 cm³/mol. The quantitative estimate of drug-likeness (QED) is 0.124. The van der Waals surface area contributed by atoms with Gasteiger partial charge in [0.05, 0.1) is 42.7 Å². The smallest absolute Gasteiger partial charge is 0.408 e. The maximum Gasteiger partial charge on any atom is 0.408 e. The van der Waals surface area contributed by atoms with Gasteiger partial charge in [0, 0.05) is 45.3 Å². The number of esters is 4. The number of fused-ring (bicyclic) bond motifs is 5. The number of Topliss-reactive ketones (excluding diaryl/α,β-unsaturated/α-hetero) is 2. The van der Waals surface area contributed by atoms with Gasteiger partial charge >= 0.3 is 30.0 Å². The summed E-state index contributed by atoms with van der Waals surface area (Å²) in [7, 11) is 4.29. The minimum absolute atomic E-state index is 0.0856. The van der Waals surface area contributed by atoms with Gasteiger partial charge in [-0.05, 0) is 70.5 Å². The molecule has 4 aliphatic rings. The van der Waals surface area contributed by atoms with Crippen molar-refractivity contribution in [3.8, 4) is 0 Å². The number of nitrogens with zero attached hydrogens (tertiary/aromatic N) is 1. The lowest BCUT2D eigenvalue weighted by Crippen LogP contribution is -2.82. The second kappa shape index (κ2) is 20.9. The summed E-state index contributed by atoms with van der Waals surface area (Å²) >= 11 is 0. The highest BCUT2D eigenvalue weighted by atomic mass is 16.6. The van der Waals surface area contributed by atoms with Crippen molar-refractivity contribution < 1.29 is 76.6 Å². The van der Waals surface area contributed by atoms with Crippen molar-refractivity contribution in [2.45, 2.75) is 142 Å². The monoisotopic (exact) mass is 990 g/mol. The first-order valence-electron chi connectivity index (χ1n) is 23.9. The second-order valence-electron chi connectivity index (χ2n) is 21.3. The lowest BCUT2D eigenvalue weighted by Gasteiger charge is -2.67. The van der Waals surface area contributed by atoms with E-state index in [9.17, 15) is 29.1 Å². The molecule has 0 radical (unpaired) electrons. The van der Waals surface area contributed by atoms with Crippen LogP contribution in [-0.4, -0.2) is 146 Å². The number of hydrogen-bond donors (Lipinski definition) is 2. The summed E-state index contributed by atoms with van der Waals surface area (Å²) < 4.78 is 49.1. The number of methoxy groups -OCH3 is 2. The molecule has 3 fully saturated rings. The van der Waals surface area contributed by atoms with E-state index in [0.717, 1.165) is 0 Å². The molecule has 3 aliphatic carbocycles. The van der Waals surface area contributed by atoms with Crippen molar-refractivity contribution in [3.05, 3.63) is 82.9 Å². The Bertz CT molecular complexity index is 2380. The van der Waals surface area contributed by atoms with Gasteiger partial charge in [-0.25, -0.2) is 14.4 Å². The molecule has 1 aliphatic heterocycles. The molecular formula is C53H70N2O16. The fourth-order valence-corrected chi connectivity index (χ4v) is 11.1. The molecule has 0 spiro atoms. The average molecular weight is 991 g/mol. The molecule has 0 unspecified atom stereocenters. The summed E-state index contributed by atoms with van der Waals surface area (Å²) in [6, 6.07) is 14.8. The van der Waals surface area contributed by atoms with E-state index in [-0.39, 0.29) is 42.4 Å². The molecule has 1 amide bonds. The van der Waals surface area contributed by atoms with Crippen molar-refractivity contribution in [1.82, 2.24) is 10.2 Å². The maximum absolute atomic E-state index is 15.8. The molecule has 11 atom stereocenters. The zero-order valence-electron chi connectivity index (χ0n) is 43.0. The van der Waals surface area contributed by atoms with Crippen LogP contribution in [0.5, 0.6) is 0 Å². The van der Waals surface area contributed by atoms with E-state index in [0.29, 0.717) is 11.1 Å². The van der Waals surface area contributed by atoms with Gasteiger partial charge in [-0.1, -0.05) is 76.2 Å². The number of ketones is 2. The Labute approximate surface area is 415 Å². The molecule has 71 heavy (non-hydrogen) atoms. The minimum atomic E-state index is -2.31. The zero-order chi connectivity index (χ0) is 52.6. The Morgan fingerprint density at radius 2 is 1.54 bits per heavy atom. The van der Waals surface area contributed by atoms with Gasteiger partial charge in [0.15, 0.2) is 11.4 Å². The van der Waals surface area contributed by atoms with Crippen LogP contribution < -0.4 is 5.32 Å². The van der Waals surface area contributed by atoms with Gasteiger partial charge < -0.3 is 48.3 Å². The molecular weight excluding hydrogens is 921 g/mol. The number of aliphatic hydroxyl groups is 1. The number of rotatable bonds is 16. The first kappa shape index (κ1) is 54.8. The van der Waals surface area contributed by atoms with Gasteiger partial charge in [-0.3, -0.25) is 24.1 Å². The van der Waals surface area contributed by atoms with Crippen LogP contribution in [0.2, 0.25) is 0 Å². The third-order valence-corrected chi connectivity index (χ3v) is 14.7. The number of alkyl carbamates (subject to hydrolysis) is 1. The van der Waals surface area contributed by atoms with Crippen molar-refractivity contribution in [2.75, 3.05) is 41.0 Å². The summed E-state index contributed by atoms with van der Waals surface area (Å²) in [5, 5.41) is 16.7. The Hall–Kier alpha value is -5.53. The first-order chi connectivity index (χ1) is 33.2. The van der Waals surface area contributed by atoms with Crippen LogP contribution in [-0.2, 0) is 61.9 Å². The number of benzene rings is 2. The van der Waals surface area contributed by atoms with E-state index in [2.05, 4.69) is 5.32 Å². The second-order valence-corrected chi connectivity index (χ2v) is 21.3. The van der Waals surface area contributed by atoms with E-state index >= 15 is 9.59 Å². The van der Waals surface area contributed by atoms with Crippen molar-refractivity contribution >= 4 is 41.5 Å². The van der Waals surface area contributed by atoms with E-state index in [1.54, 1.807) is 111 Å². The topological polar surface area (TPSA) is 229 Å². The first-order valence-corrected chi connectivity index (χ1v) is 23.9. The molecule has 0 aromatic heterocycles. The summed E-state index contributed by atoms with van der Waals surface area (Å²) in [4.78, 5) is 100. The zero-order valence-corrected chi connectivity index (χ0v) is 43.0. The van der Waals surface area contributed by atoms with Crippen LogP contribution in [0.4, 0.5) is 4.79 Å². The van der Waals surface area contributed by atoms with E-state index in [1.807, 2.05) is 0 Å². The maximum atomic E-state index is 15.8. The van der Waals surface area contributed by atoms with Crippen LogP contribution in [0.3, 0.4) is 0 Å². The van der Waals surface area contributed by atoms with Crippen LogP contribution in [0, 0.1) is 22.7 Å². The molecule has 18 nitrogen and oxygen atoms in total. The molecule has 2 saturated carbocycles. The normalized spacial score (nSPS) is 29.7. The highest BCUT2D eigenvalue weighted by molar-refractivity contribution is 5.94. The number of likely N-dealkylation sites (N-methyl/N-ethyl adjacent to an activating group) is 1. The molecule has 2 aromatic carbocycles. The van der Waals surface area contributed by atoms with E-state index in [1.165, 1.54) is 45.2 Å². The average Bonchev–Trinajstić information content (AvgIpc) is 3.28. The van der Waals surface area contributed by atoms with E-state index < -0.39 is 125 Å².